The Kier molecular flexibility index (Phi) is 7.41. The van der Waals surface area contributed by atoms with Gasteiger partial charge in [0.2, 0.25) is 0 Å². The molecule has 0 saturated heterocycles. The number of nitrogens with one attached hydrogen (secondary N) is 2. The maximum atomic E-state index is 5.72. The lowest BCUT2D eigenvalue weighted by atomic mass is 10.1. The Labute approximate surface area is 172 Å². The molecule has 0 bridgehead atoms. The smallest absolute Gasteiger partial charge is 0.191 e. The first-order valence-corrected chi connectivity index (χ1v) is 9.79. The Morgan fingerprint density at radius 3 is 2.55 bits per heavy atom. The first-order chi connectivity index (χ1) is 14.2. The zero-order valence-corrected chi connectivity index (χ0v) is 17.4. The van der Waals surface area contributed by atoms with Crippen LogP contribution in [0.4, 0.5) is 5.82 Å². The van der Waals surface area contributed by atoms with Crippen LogP contribution >= 0.6 is 0 Å². The summed E-state index contributed by atoms with van der Waals surface area (Å²) in [6.45, 7) is 2.57. The lowest BCUT2D eigenvalue weighted by molar-refractivity contribution is 0.125. The minimum Gasteiger partial charge on any atom is -0.375 e. The van der Waals surface area contributed by atoms with Crippen molar-refractivity contribution in [3.8, 4) is 0 Å². The molecule has 0 radical (unpaired) electrons. The van der Waals surface area contributed by atoms with Gasteiger partial charge in [0.25, 0.3) is 0 Å². The van der Waals surface area contributed by atoms with Crippen LogP contribution in [0, 0.1) is 0 Å². The fourth-order valence-corrected chi connectivity index (χ4v) is 3.01. The van der Waals surface area contributed by atoms with Gasteiger partial charge in [-0.1, -0.05) is 48.5 Å². The third-order valence-electron chi connectivity index (χ3n) is 4.57. The van der Waals surface area contributed by atoms with Gasteiger partial charge < -0.3 is 20.3 Å². The summed E-state index contributed by atoms with van der Waals surface area (Å²) >= 11 is 0. The Bertz CT molecular complexity index is 940. The highest BCUT2D eigenvalue weighted by molar-refractivity contribution is 5.85. The van der Waals surface area contributed by atoms with Gasteiger partial charge in [0.05, 0.1) is 18.7 Å². The van der Waals surface area contributed by atoms with E-state index in [0.717, 1.165) is 22.7 Å². The number of hydrogen-bond donors (Lipinski definition) is 2. The molecule has 0 amide bonds. The topological polar surface area (TPSA) is 61.8 Å². The first-order valence-electron chi connectivity index (χ1n) is 9.79. The van der Waals surface area contributed by atoms with Crippen molar-refractivity contribution in [1.82, 2.24) is 15.6 Å². The fraction of sp³-hybridized carbons (Fsp3) is 0.304. The van der Waals surface area contributed by atoms with Crippen LogP contribution in [0.3, 0.4) is 0 Å². The van der Waals surface area contributed by atoms with Gasteiger partial charge in [0, 0.05) is 39.6 Å². The Morgan fingerprint density at radius 1 is 1.03 bits per heavy atom. The molecule has 3 rings (SSSR count). The van der Waals surface area contributed by atoms with Gasteiger partial charge in [-0.05, 0) is 23.3 Å². The van der Waals surface area contributed by atoms with Gasteiger partial charge in [-0.2, -0.15) is 0 Å². The number of pyridine rings is 1. The number of anilines is 1. The second kappa shape index (κ2) is 10.4. The highest BCUT2D eigenvalue weighted by Gasteiger charge is 2.08. The van der Waals surface area contributed by atoms with E-state index in [1.807, 2.05) is 55.4 Å². The highest BCUT2D eigenvalue weighted by Crippen LogP contribution is 2.21. The van der Waals surface area contributed by atoms with Gasteiger partial charge in [-0.3, -0.25) is 4.99 Å². The van der Waals surface area contributed by atoms with E-state index in [9.17, 15) is 0 Å². The molecule has 1 heterocycles. The third kappa shape index (κ3) is 5.93. The number of benzene rings is 2. The summed E-state index contributed by atoms with van der Waals surface area (Å²) in [4.78, 5) is 11.0. The van der Waals surface area contributed by atoms with Gasteiger partial charge >= 0.3 is 0 Å². The number of para-hydroxylation sites is 1. The van der Waals surface area contributed by atoms with Crippen molar-refractivity contribution in [3.05, 3.63) is 71.8 Å². The molecule has 0 atom stereocenters. The van der Waals surface area contributed by atoms with Crippen molar-refractivity contribution < 1.29 is 4.74 Å². The van der Waals surface area contributed by atoms with Crippen molar-refractivity contribution in [3.63, 3.8) is 0 Å². The van der Waals surface area contributed by atoms with Crippen LogP contribution in [-0.4, -0.2) is 45.2 Å². The highest BCUT2D eigenvalue weighted by atomic mass is 16.5. The molecule has 6 heteroatoms. The molecule has 3 aromatic rings. The zero-order chi connectivity index (χ0) is 20.5. The summed E-state index contributed by atoms with van der Waals surface area (Å²) in [6.07, 6.45) is 0. The van der Waals surface area contributed by atoms with E-state index in [1.165, 1.54) is 11.1 Å². The van der Waals surface area contributed by atoms with E-state index >= 15 is 0 Å². The summed E-state index contributed by atoms with van der Waals surface area (Å²) in [5.74, 6) is 1.69. The van der Waals surface area contributed by atoms with Crippen LogP contribution in [0.25, 0.3) is 10.9 Å². The van der Waals surface area contributed by atoms with Crippen molar-refractivity contribution in [2.45, 2.75) is 13.2 Å². The molecule has 0 unspecified atom stereocenters. The molecule has 29 heavy (non-hydrogen) atoms. The average molecular weight is 392 g/mol. The summed E-state index contributed by atoms with van der Waals surface area (Å²) in [5, 5.41) is 7.83. The zero-order valence-electron chi connectivity index (χ0n) is 17.4. The van der Waals surface area contributed by atoms with E-state index in [2.05, 4.69) is 39.9 Å². The molecule has 2 N–H and O–H groups in total. The van der Waals surface area contributed by atoms with Crippen molar-refractivity contribution in [1.29, 1.82) is 0 Å². The number of aliphatic imine (C=N–C) groups is 1. The number of nitrogens with zero attached hydrogens (tertiary/aromatic N) is 3. The van der Waals surface area contributed by atoms with E-state index in [4.69, 9.17) is 9.72 Å². The first kappa shape index (κ1) is 20.6. The lowest BCUT2D eigenvalue weighted by Gasteiger charge is -2.17. The summed E-state index contributed by atoms with van der Waals surface area (Å²) in [7, 11) is 5.78. The van der Waals surface area contributed by atoms with Crippen LogP contribution in [0.5, 0.6) is 0 Å². The molecule has 0 aliphatic carbocycles. The summed E-state index contributed by atoms with van der Waals surface area (Å²) < 4.78 is 5.72. The Balaban J connectivity index is 1.53. The van der Waals surface area contributed by atoms with Crippen LogP contribution in [-0.2, 0) is 17.9 Å². The standard InChI is InChI=1S/C23H29N5O/c1-24-23(25-13-14-29-17-18-9-5-4-6-10-18)26-16-19-15-22(28(2)3)27-21-12-8-7-11-20(19)21/h4-12,15H,13-14,16-17H2,1-3H3,(H2,24,25,26). The second-order valence-corrected chi connectivity index (χ2v) is 6.94. The molecule has 0 saturated carbocycles. The van der Waals surface area contributed by atoms with Crippen LogP contribution in [0.15, 0.2) is 65.7 Å². The number of fused-ring (bicyclic) bond motifs is 1. The predicted octanol–water partition coefficient (Wildman–Crippen LogP) is 3.18. The number of rotatable bonds is 8. The van der Waals surface area contributed by atoms with Crippen molar-refractivity contribution in [2.75, 3.05) is 39.2 Å². The molecule has 1 aromatic heterocycles. The molecular weight excluding hydrogens is 362 g/mol. The minimum absolute atomic E-state index is 0.610. The Hall–Kier alpha value is -3.12. The van der Waals surface area contributed by atoms with Crippen LogP contribution < -0.4 is 15.5 Å². The normalized spacial score (nSPS) is 11.5. The second-order valence-electron chi connectivity index (χ2n) is 6.94. The molecule has 6 nitrogen and oxygen atoms in total. The van der Waals surface area contributed by atoms with Gasteiger partial charge in [0.1, 0.15) is 5.82 Å². The molecular formula is C23H29N5O. The number of aromatic nitrogens is 1. The van der Waals surface area contributed by atoms with Crippen molar-refractivity contribution in [2.24, 2.45) is 4.99 Å². The largest absolute Gasteiger partial charge is 0.375 e. The van der Waals surface area contributed by atoms with Crippen molar-refractivity contribution >= 4 is 22.7 Å². The molecule has 2 aromatic carbocycles. The molecule has 0 fully saturated rings. The molecule has 0 aliphatic rings. The summed E-state index contributed by atoms with van der Waals surface area (Å²) in [6, 6.07) is 20.5. The maximum Gasteiger partial charge on any atom is 0.191 e. The van der Waals surface area contributed by atoms with E-state index < -0.39 is 0 Å². The fourth-order valence-electron chi connectivity index (χ4n) is 3.01. The lowest BCUT2D eigenvalue weighted by Crippen LogP contribution is -2.38. The number of ether oxygens (including phenoxy) is 1. The van der Waals surface area contributed by atoms with Crippen LogP contribution in [0.2, 0.25) is 0 Å². The Morgan fingerprint density at radius 2 is 1.79 bits per heavy atom. The minimum atomic E-state index is 0.610. The molecule has 0 spiro atoms. The number of hydrogen-bond acceptors (Lipinski definition) is 4. The van der Waals surface area contributed by atoms with Gasteiger partial charge in [-0.25, -0.2) is 4.98 Å². The SMILES string of the molecule is CN=C(NCCOCc1ccccc1)NCc1cc(N(C)C)nc2ccccc12. The summed E-state index contributed by atoms with van der Waals surface area (Å²) in [5.41, 5.74) is 3.35. The van der Waals surface area contributed by atoms with Crippen LogP contribution in [0.1, 0.15) is 11.1 Å². The monoisotopic (exact) mass is 391 g/mol. The van der Waals surface area contributed by atoms with E-state index in [-0.39, 0.29) is 0 Å². The van der Waals surface area contributed by atoms with E-state index in [1.54, 1.807) is 7.05 Å². The molecule has 0 aliphatic heterocycles. The maximum absolute atomic E-state index is 5.72. The molecule has 152 valence electrons. The van der Waals surface area contributed by atoms with Gasteiger partial charge in [-0.15, -0.1) is 0 Å². The number of guanidine groups is 1. The van der Waals surface area contributed by atoms with E-state index in [0.29, 0.717) is 26.3 Å². The average Bonchev–Trinajstić information content (AvgIpc) is 2.76. The quantitative estimate of drug-likeness (QED) is 0.351. The van der Waals surface area contributed by atoms with Gasteiger partial charge in [0.15, 0.2) is 5.96 Å². The predicted molar refractivity (Wildman–Crippen MR) is 120 cm³/mol. The third-order valence-corrected chi connectivity index (χ3v) is 4.57.